The number of methoxy groups -OCH3 is 1. The first-order valence-electron chi connectivity index (χ1n) is 9.19. The number of aryl methyl sites for hydroxylation is 1. The van der Waals surface area contributed by atoms with Crippen LogP contribution in [0.4, 0.5) is 5.13 Å². The fourth-order valence-corrected chi connectivity index (χ4v) is 4.11. The minimum atomic E-state index is -0.247. The van der Waals surface area contributed by atoms with Crippen LogP contribution in [0.25, 0.3) is 10.2 Å². The van der Waals surface area contributed by atoms with Crippen LogP contribution in [0.15, 0.2) is 76.3 Å². The largest absolute Gasteiger partial charge is 0.497 e. The average molecular weight is 480 g/mol. The van der Waals surface area contributed by atoms with E-state index in [4.69, 9.17) is 4.74 Å². The molecule has 4 aromatic rings. The Bertz CT molecular complexity index is 1220. The maximum atomic E-state index is 13.3. The third kappa shape index (κ3) is 4.42. The molecule has 1 heterocycles. The molecule has 0 spiro atoms. The number of hydrazone groups is 1. The van der Waals surface area contributed by atoms with Gasteiger partial charge >= 0.3 is 0 Å². The van der Waals surface area contributed by atoms with E-state index in [1.54, 1.807) is 25.5 Å². The monoisotopic (exact) mass is 479 g/mol. The summed E-state index contributed by atoms with van der Waals surface area (Å²) >= 11 is 4.84. The summed E-state index contributed by atoms with van der Waals surface area (Å²) < 4.78 is 7.11. The second kappa shape index (κ2) is 8.77. The number of thiazole rings is 1. The van der Waals surface area contributed by atoms with E-state index < -0.39 is 0 Å². The van der Waals surface area contributed by atoms with E-state index in [0.717, 1.165) is 31.6 Å². The Morgan fingerprint density at radius 1 is 1.10 bits per heavy atom. The highest BCUT2D eigenvalue weighted by molar-refractivity contribution is 9.10. The number of ether oxygens (including phenoxy) is 1. The Morgan fingerprint density at radius 3 is 2.53 bits per heavy atom. The van der Waals surface area contributed by atoms with Crippen LogP contribution in [0.2, 0.25) is 0 Å². The van der Waals surface area contributed by atoms with Crippen LogP contribution in [0, 0.1) is 6.92 Å². The third-order valence-electron chi connectivity index (χ3n) is 4.44. The number of rotatable bonds is 5. The van der Waals surface area contributed by atoms with Crippen LogP contribution >= 0.6 is 27.3 Å². The van der Waals surface area contributed by atoms with Gasteiger partial charge in [0.25, 0.3) is 5.91 Å². The van der Waals surface area contributed by atoms with Gasteiger partial charge in [-0.2, -0.15) is 10.1 Å². The van der Waals surface area contributed by atoms with Crippen molar-refractivity contribution in [3.63, 3.8) is 0 Å². The van der Waals surface area contributed by atoms with Crippen molar-refractivity contribution in [1.29, 1.82) is 0 Å². The number of amides is 1. The lowest BCUT2D eigenvalue weighted by molar-refractivity contribution is 0.0988. The van der Waals surface area contributed by atoms with Gasteiger partial charge in [0.2, 0.25) is 5.13 Å². The molecule has 30 heavy (non-hydrogen) atoms. The zero-order valence-corrected chi connectivity index (χ0v) is 18.8. The molecular weight excluding hydrogens is 462 g/mol. The van der Waals surface area contributed by atoms with Gasteiger partial charge in [0.05, 0.1) is 23.5 Å². The first-order chi connectivity index (χ1) is 14.5. The molecule has 0 saturated heterocycles. The van der Waals surface area contributed by atoms with Gasteiger partial charge in [0.15, 0.2) is 0 Å². The van der Waals surface area contributed by atoms with Gasteiger partial charge in [-0.05, 0) is 78.7 Å². The zero-order valence-electron chi connectivity index (χ0n) is 16.4. The summed E-state index contributed by atoms with van der Waals surface area (Å²) in [4.78, 5) is 17.9. The van der Waals surface area contributed by atoms with E-state index in [1.807, 2.05) is 55.5 Å². The lowest BCUT2D eigenvalue weighted by Crippen LogP contribution is -2.25. The van der Waals surface area contributed by atoms with Crippen molar-refractivity contribution in [1.82, 2.24) is 4.98 Å². The van der Waals surface area contributed by atoms with Crippen molar-refractivity contribution >= 4 is 54.7 Å². The molecular formula is C23H18BrN3O2S. The number of anilines is 1. The van der Waals surface area contributed by atoms with E-state index in [1.165, 1.54) is 16.3 Å². The zero-order chi connectivity index (χ0) is 21.1. The van der Waals surface area contributed by atoms with E-state index in [9.17, 15) is 4.79 Å². The molecule has 7 heteroatoms. The summed E-state index contributed by atoms with van der Waals surface area (Å²) in [6, 6.07) is 20.7. The second-order valence-corrected chi connectivity index (χ2v) is 8.53. The summed E-state index contributed by atoms with van der Waals surface area (Å²) in [5.74, 6) is 0.513. The van der Waals surface area contributed by atoms with Crippen molar-refractivity contribution in [2.45, 2.75) is 6.92 Å². The molecule has 1 amide bonds. The molecule has 0 radical (unpaired) electrons. The topological polar surface area (TPSA) is 54.8 Å². The smallest absolute Gasteiger partial charge is 0.280 e. The van der Waals surface area contributed by atoms with Crippen molar-refractivity contribution < 1.29 is 9.53 Å². The summed E-state index contributed by atoms with van der Waals surface area (Å²) in [6.07, 6.45) is 1.65. The predicted octanol–water partition coefficient (Wildman–Crippen LogP) is 6.06. The predicted molar refractivity (Wildman–Crippen MR) is 126 cm³/mol. The van der Waals surface area contributed by atoms with Gasteiger partial charge in [-0.25, -0.2) is 4.98 Å². The number of aromatic nitrogens is 1. The van der Waals surface area contributed by atoms with Crippen LogP contribution < -0.4 is 9.75 Å². The number of halogens is 1. The van der Waals surface area contributed by atoms with Crippen molar-refractivity contribution in [3.8, 4) is 5.75 Å². The second-order valence-electron chi connectivity index (χ2n) is 6.61. The van der Waals surface area contributed by atoms with Gasteiger partial charge in [-0.15, -0.1) is 0 Å². The number of carbonyl (C=O) groups is 1. The highest BCUT2D eigenvalue weighted by Gasteiger charge is 2.21. The minimum Gasteiger partial charge on any atom is -0.497 e. The molecule has 0 N–H and O–H groups in total. The lowest BCUT2D eigenvalue weighted by Gasteiger charge is -2.14. The van der Waals surface area contributed by atoms with Gasteiger partial charge in [0, 0.05) is 10.0 Å². The fourth-order valence-electron chi connectivity index (χ4n) is 2.83. The molecule has 0 saturated carbocycles. The Balaban J connectivity index is 1.73. The molecule has 0 bridgehead atoms. The highest BCUT2D eigenvalue weighted by Crippen LogP contribution is 2.31. The number of hydrogen-bond acceptors (Lipinski definition) is 5. The molecule has 0 unspecified atom stereocenters. The van der Waals surface area contributed by atoms with Crippen molar-refractivity contribution in [2.75, 3.05) is 12.1 Å². The molecule has 0 aliphatic carbocycles. The lowest BCUT2D eigenvalue weighted by atomic mass is 10.2. The Hall–Kier alpha value is -3.03. The van der Waals surface area contributed by atoms with Crippen LogP contribution in [0.5, 0.6) is 5.75 Å². The first-order valence-corrected chi connectivity index (χ1v) is 10.8. The molecule has 1 aromatic heterocycles. The Labute approximate surface area is 186 Å². The third-order valence-corrected chi connectivity index (χ3v) is 5.96. The molecule has 150 valence electrons. The Morgan fingerprint density at radius 2 is 1.83 bits per heavy atom. The number of benzene rings is 3. The summed E-state index contributed by atoms with van der Waals surface area (Å²) in [7, 11) is 1.62. The molecule has 4 rings (SSSR count). The van der Waals surface area contributed by atoms with E-state index in [-0.39, 0.29) is 5.91 Å². The van der Waals surface area contributed by atoms with Crippen LogP contribution in [-0.2, 0) is 0 Å². The van der Waals surface area contributed by atoms with E-state index in [0.29, 0.717) is 10.7 Å². The van der Waals surface area contributed by atoms with Gasteiger partial charge in [-0.3, -0.25) is 4.79 Å². The quantitative estimate of drug-likeness (QED) is 0.258. The van der Waals surface area contributed by atoms with Crippen molar-refractivity contribution in [2.24, 2.45) is 5.10 Å². The number of nitrogens with zero attached hydrogens (tertiary/aromatic N) is 3. The van der Waals surface area contributed by atoms with Gasteiger partial charge in [0.1, 0.15) is 5.75 Å². The highest BCUT2D eigenvalue weighted by atomic mass is 79.9. The summed E-state index contributed by atoms with van der Waals surface area (Å²) in [5, 5.41) is 6.37. The van der Waals surface area contributed by atoms with E-state index in [2.05, 4.69) is 32.1 Å². The summed E-state index contributed by atoms with van der Waals surface area (Å²) in [6.45, 7) is 2.03. The number of fused-ring (bicyclic) bond motifs is 1. The minimum absolute atomic E-state index is 0.247. The summed E-state index contributed by atoms with van der Waals surface area (Å²) in [5.41, 5.74) is 3.36. The molecule has 0 aliphatic rings. The number of carbonyl (C=O) groups excluding carboxylic acids is 1. The molecule has 0 atom stereocenters. The fraction of sp³-hybridized carbons (Fsp3) is 0.0870. The van der Waals surface area contributed by atoms with Crippen LogP contribution in [0.1, 0.15) is 21.5 Å². The first kappa shape index (κ1) is 20.3. The number of hydrogen-bond donors (Lipinski definition) is 0. The maximum Gasteiger partial charge on any atom is 0.280 e. The maximum absolute atomic E-state index is 13.3. The average Bonchev–Trinajstić information content (AvgIpc) is 3.17. The normalized spacial score (nSPS) is 11.2. The van der Waals surface area contributed by atoms with Gasteiger partial charge < -0.3 is 4.74 Å². The molecule has 5 nitrogen and oxygen atoms in total. The van der Waals surface area contributed by atoms with Crippen LogP contribution in [-0.4, -0.2) is 24.2 Å². The molecule has 0 aliphatic heterocycles. The van der Waals surface area contributed by atoms with Crippen molar-refractivity contribution in [3.05, 3.63) is 87.9 Å². The molecule has 3 aromatic carbocycles. The van der Waals surface area contributed by atoms with Crippen LogP contribution in [0.3, 0.4) is 0 Å². The van der Waals surface area contributed by atoms with E-state index >= 15 is 0 Å². The SMILES string of the molecule is COc1ccc(/C=N/N(C(=O)c2ccc(Br)cc2)c2nc3ccc(C)cc3s2)cc1. The standard InChI is InChI=1S/C23H18BrN3O2S/c1-15-3-12-20-21(13-15)30-23(26-20)27(22(28)17-6-8-18(24)9-7-17)25-14-16-4-10-19(29-2)11-5-16/h3-14H,1-2H3/b25-14+. The van der Waals surface area contributed by atoms with Gasteiger partial charge in [-0.1, -0.05) is 33.3 Å². The Kier molecular flexibility index (Phi) is 5.92. The molecule has 0 fully saturated rings.